The second-order valence-corrected chi connectivity index (χ2v) is 7.15. The number of rotatable bonds is 4. The molecule has 0 aliphatic carbocycles. The quantitative estimate of drug-likeness (QED) is 0.696. The van der Waals surface area contributed by atoms with Crippen molar-refractivity contribution in [2.75, 3.05) is 13.1 Å². The third kappa shape index (κ3) is 4.25. The van der Waals surface area contributed by atoms with Gasteiger partial charge in [0.25, 0.3) is 0 Å². The van der Waals surface area contributed by atoms with Gasteiger partial charge in [-0.05, 0) is 49.7 Å². The van der Waals surface area contributed by atoms with Crippen LogP contribution in [0.2, 0.25) is 0 Å². The molecule has 0 radical (unpaired) electrons. The molecule has 146 valence electrons. The van der Waals surface area contributed by atoms with E-state index in [2.05, 4.69) is 32.0 Å². The van der Waals surface area contributed by atoms with Gasteiger partial charge in [0.05, 0.1) is 11.9 Å². The van der Waals surface area contributed by atoms with Crippen LogP contribution in [-0.2, 0) is 12.7 Å². The van der Waals surface area contributed by atoms with Crippen LogP contribution in [0.15, 0.2) is 54.9 Å². The average Bonchev–Trinajstić information content (AvgIpc) is 3.20. The van der Waals surface area contributed by atoms with Gasteiger partial charge >= 0.3 is 6.18 Å². The zero-order chi connectivity index (χ0) is 19.6. The standard InChI is InChI=1S/C21H21F3N4/c22-21(23,24)19-13-26-20(27-19)16-7-10-28(11-8-16)14-15-4-3-5-17(12-15)18-6-1-2-9-25-18/h1-6,9,12-13,16H,7-8,10-11,14H2,(H,26,27). The Bertz CT molecular complexity index is 913. The van der Waals surface area contributed by atoms with Crippen molar-refractivity contribution in [1.29, 1.82) is 0 Å². The Hall–Kier alpha value is -2.67. The number of likely N-dealkylation sites (tertiary alicyclic amines) is 1. The third-order valence-electron chi connectivity index (χ3n) is 5.17. The summed E-state index contributed by atoms with van der Waals surface area (Å²) in [6, 6.07) is 14.2. The lowest BCUT2D eigenvalue weighted by molar-refractivity contribution is -0.141. The lowest BCUT2D eigenvalue weighted by Crippen LogP contribution is -2.32. The third-order valence-corrected chi connectivity index (χ3v) is 5.17. The van der Waals surface area contributed by atoms with Crippen LogP contribution >= 0.6 is 0 Å². The minimum Gasteiger partial charge on any atom is -0.338 e. The predicted octanol–water partition coefficient (Wildman–Crippen LogP) is 4.87. The summed E-state index contributed by atoms with van der Waals surface area (Å²) in [5, 5.41) is 0. The van der Waals surface area contributed by atoms with Crippen molar-refractivity contribution < 1.29 is 13.2 Å². The van der Waals surface area contributed by atoms with Crippen LogP contribution in [0.5, 0.6) is 0 Å². The molecule has 3 heterocycles. The summed E-state index contributed by atoms with van der Waals surface area (Å²) in [6.07, 6.45) is -0.101. The first-order valence-corrected chi connectivity index (χ1v) is 9.34. The average molecular weight is 386 g/mol. The van der Waals surface area contributed by atoms with Crippen molar-refractivity contribution in [2.24, 2.45) is 0 Å². The van der Waals surface area contributed by atoms with E-state index in [-0.39, 0.29) is 5.92 Å². The fraction of sp³-hybridized carbons (Fsp3) is 0.333. The monoisotopic (exact) mass is 386 g/mol. The second-order valence-electron chi connectivity index (χ2n) is 7.15. The van der Waals surface area contributed by atoms with Crippen molar-refractivity contribution >= 4 is 0 Å². The van der Waals surface area contributed by atoms with E-state index in [1.807, 2.05) is 30.3 Å². The molecule has 3 aromatic rings. The molecular weight excluding hydrogens is 365 g/mol. The summed E-state index contributed by atoms with van der Waals surface area (Å²) in [5.74, 6) is 0.497. The van der Waals surface area contributed by atoms with Crippen LogP contribution in [0.1, 0.15) is 35.8 Å². The maximum absolute atomic E-state index is 12.7. The Morgan fingerprint density at radius 2 is 1.86 bits per heavy atom. The molecule has 0 unspecified atom stereocenters. The van der Waals surface area contributed by atoms with Gasteiger partial charge < -0.3 is 4.98 Å². The number of imidazole rings is 1. The Balaban J connectivity index is 1.37. The number of pyridine rings is 1. The van der Waals surface area contributed by atoms with Crippen molar-refractivity contribution in [1.82, 2.24) is 19.9 Å². The number of hydrogen-bond donors (Lipinski definition) is 1. The molecule has 4 rings (SSSR count). The van der Waals surface area contributed by atoms with Crippen LogP contribution in [0.4, 0.5) is 13.2 Å². The van der Waals surface area contributed by atoms with E-state index < -0.39 is 11.9 Å². The molecule has 2 aromatic heterocycles. The van der Waals surface area contributed by atoms with Crippen molar-refractivity contribution in [2.45, 2.75) is 31.5 Å². The number of halogens is 3. The molecule has 0 amide bonds. The number of piperidine rings is 1. The molecule has 4 nitrogen and oxygen atoms in total. The maximum atomic E-state index is 12.7. The normalized spacial score (nSPS) is 16.4. The van der Waals surface area contributed by atoms with Crippen molar-refractivity contribution in [3.63, 3.8) is 0 Å². The van der Waals surface area contributed by atoms with Crippen LogP contribution < -0.4 is 0 Å². The van der Waals surface area contributed by atoms with Gasteiger partial charge in [-0.15, -0.1) is 0 Å². The van der Waals surface area contributed by atoms with E-state index in [1.165, 1.54) is 5.56 Å². The Kier molecular flexibility index (Phi) is 5.17. The molecule has 0 atom stereocenters. The molecule has 1 fully saturated rings. The van der Waals surface area contributed by atoms with Gasteiger partial charge in [0.15, 0.2) is 0 Å². The number of aromatic nitrogens is 3. The van der Waals surface area contributed by atoms with E-state index in [4.69, 9.17) is 0 Å². The molecule has 1 aromatic carbocycles. The molecule has 0 bridgehead atoms. The van der Waals surface area contributed by atoms with E-state index in [0.717, 1.165) is 49.9 Å². The summed E-state index contributed by atoms with van der Waals surface area (Å²) in [5.41, 5.74) is 2.47. The van der Waals surface area contributed by atoms with E-state index in [0.29, 0.717) is 5.82 Å². The summed E-state index contributed by atoms with van der Waals surface area (Å²) in [6.45, 7) is 2.49. The van der Waals surface area contributed by atoms with Crippen LogP contribution in [0, 0.1) is 0 Å². The zero-order valence-corrected chi connectivity index (χ0v) is 15.3. The first-order chi connectivity index (χ1) is 13.5. The summed E-state index contributed by atoms with van der Waals surface area (Å²) >= 11 is 0. The fourth-order valence-electron chi connectivity index (χ4n) is 3.67. The molecule has 0 saturated carbocycles. The lowest BCUT2D eigenvalue weighted by atomic mass is 9.95. The second kappa shape index (κ2) is 7.75. The highest BCUT2D eigenvalue weighted by atomic mass is 19.4. The highest BCUT2D eigenvalue weighted by Gasteiger charge is 2.34. The molecule has 1 aliphatic heterocycles. The molecular formula is C21H21F3N4. The van der Waals surface area contributed by atoms with Gasteiger partial charge in [-0.2, -0.15) is 13.2 Å². The van der Waals surface area contributed by atoms with Crippen LogP contribution in [-0.4, -0.2) is 32.9 Å². The lowest BCUT2D eigenvalue weighted by Gasteiger charge is -2.31. The zero-order valence-electron chi connectivity index (χ0n) is 15.3. The van der Waals surface area contributed by atoms with Crippen molar-refractivity contribution in [3.8, 4) is 11.3 Å². The van der Waals surface area contributed by atoms with E-state index >= 15 is 0 Å². The first-order valence-electron chi connectivity index (χ1n) is 9.34. The Morgan fingerprint density at radius 3 is 2.54 bits per heavy atom. The van der Waals surface area contributed by atoms with Gasteiger partial charge in [-0.3, -0.25) is 9.88 Å². The van der Waals surface area contributed by atoms with Crippen molar-refractivity contribution in [3.05, 3.63) is 71.9 Å². The molecule has 1 saturated heterocycles. The summed E-state index contributed by atoms with van der Waals surface area (Å²) in [4.78, 5) is 13.1. The number of alkyl halides is 3. The maximum Gasteiger partial charge on any atom is 0.432 e. The highest BCUT2D eigenvalue weighted by molar-refractivity contribution is 5.59. The SMILES string of the molecule is FC(F)(F)c1cnc(C2CCN(Cc3cccc(-c4ccccn4)c3)CC2)[nH]1. The van der Waals surface area contributed by atoms with Crippen LogP contribution in [0.3, 0.4) is 0 Å². The fourth-order valence-corrected chi connectivity index (χ4v) is 3.67. The number of hydrogen-bond acceptors (Lipinski definition) is 3. The highest BCUT2D eigenvalue weighted by Crippen LogP contribution is 2.32. The first kappa shape index (κ1) is 18.7. The molecule has 1 aliphatic rings. The molecule has 28 heavy (non-hydrogen) atoms. The minimum absolute atomic E-state index is 0.0483. The number of H-pyrrole nitrogens is 1. The Labute approximate surface area is 161 Å². The number of benzene rings is 1. The molecule has 0 spiro atoms. The molecule has 1 N–H and O–H groups in total. The van der Waals surface area contributed by atoms with E-state index in [9.17, 15) is 13.2 Å². The number of nitrogens with zero attached hydrogens (tertiary/aromatic N) is 3. The van der Waals surface area contributed by atoms with Gasteiger partial charge in [-0.1, -0.05) is 24.3 Å². The number of aromatic amines is 1. The van der Waals surface area contributed by atoms with Gasteiger partial charge in [0.1, 0.15) is 11.5 Å². The van der Waals surface area contributed by atoms with E-state index in [1.54, 1.807) is 6.20 Å². The Morgan fingerprint density at radius 1 is 1.04 bits per heavy atom. The summed E-state index contributed by atoms with van der Waals surface area (Å²) in [7, 11) is 0. The predicted molar refractivity (Wildman–Crippen MR) is 101 cm³/mol. The van der Waals surface area contributed by atoms with Gasteiger partial charge in [0.2, 0.25) is 0 Å². The van der Waals surface area contributed by atoms with Gasteiger partial charge in [-0.25, -0.2) is 4.98 Å². The largest absolute Gasteiger partial charge is 0.432 e. The van der Waals surface area contributed by atoms with Gasteiger partial charge in [0, 0.05) is 24.2 Å². The molecule has 7 heteroatoms. The summed E-state index contributed by atoms with van der Waals surface area (Å²) < 4.78 is 38.2. The minimum atomic E-state index is -4.37. The topological polar surface area (TPSA) is 44.8 Å². The van der Waals surface area contributed by atoms with Crippen LogP contribution in [0.25, 0.3) is 11.3 Å². The smallest absolute Gasteiger partial charge is 0.338 e. The number of nitrogens with one attached hydrogen (secondary N) is 1.